The number of hydrogen-bond donors (Lipinski definition) is 1. The van der Waals surface area contributed by atoms with Gasteiger partial charge < -0.3 is 10.1 Å². The van der Waals surface area contributed by atoms with Crippen molar-refractivity contribution in [2.75, 3.05) is 11.9 Å². The van der Waals surface area contributed by atoms with Crippen LogP contribution in [0.2, 0.25) is 0 Å². The van der Waals surface area contributed by atoms with Crippen LogP contribution in [-0.4, -0.2) is 22.3 Å². The highest BCUT2D eigenvalue weighted by Crippen LogP contribution is 2.19. The Balaban J connectivity index is 1.92. The van der Waals surface area contributed by atoms with E-state index in [4.69, 9.17) is 4.74 Å². The number of nitrogens with one attached hydrogen (secondary N) is 1. The molecule has 0 saturated carbocycles. The number of hydrogen-bond acceptors (Lipinski definition) is 3. The molecule has 19 heavy (non-hydrogen) atoms. The molecule has 0 radical (unpaired) electrons. The van der Waals surface area contributed by atoms with Crippen LogP contribution < -0.4 is 10.1 Å². The first-order chi connectivity index (χ1) is 9.06. The average molecular weight is 371 g/mol. The quantitative estimate of drug-likeness (QED) is 0.840. The van der Waals surface area contributed by atoms with Crippen LogP contribution in [0.4, 0.5) is 5.82 Å². The molecule has 2 aromatic rings. The van der Waals surface area contributed by atoms with Gasteiger partial charge in [0.25, 0.3) is 5.91 Å². The molecule has 2 rings (SSSR count). The number of carbonyl (C=O) groups excluding carboxylic acids is 1. The molecule has 1 amide bonds. The van der Waals surface area contributed by atoms with Gasteiger partial charge >= 0.3 is 0 Å². The van der Waals surface area contributed by atoms with Crippen molar-refractivity contribution < 1.29 is 9.53 Å². The van der Waals surface area contributed by atoms with Gasteiger partial charge in [-0.1, -0.05) is 12.1 Å². The summed E-state index contributed by atoms with van der Waals surface area (Å²) in [5.41, 5.74) is 0.858. The molecule has 0 unspecified atom stereocenters. The molecule has 1 N–H and O–H groups in total. The fraction of sp³-hybridized carbons (Fsp3) is 0.231. The van der Waals surface area contributed by atoms with E-state index in [2.05, 4.69) is 33.0 Å². The molecule has 1 aromatic carbocycles. The zero-order valence-corrected chi connectivity index (χ0v) is 12.8. The summed E-state index contributed by atoms with van der Waals surface area (Å²) in [4.78, 5) is 11.8. The second-order valence-electron chi connectivity index (χ2n) is 4.06. The number of para-hydroxylation sites is 1. The molecular formula is C13H14IN3O2. The molecule has 0 aliphatic carbocycles. The van der Waals surface area contributed by atoms with Crippen molar-refractivity contribution in [2.24, 2.45) is 7.05 Å². The van der Waals surface area contributed by atoms with Gasteiger partial charge in [-0.15, -0.1) is 0 Å². The van der Waals surface area contributed by atoms with E-state index in [9.17, 15) is 4.79 Å². The minimum Gasteiger partial charge on any atom is -0.483 e. The van der Waals surface area contributed by atoms with Crippen molar-refractivity contribution >= 4 is 34.3 Å². The molecule has 5 nitrogen and oxygen atoms in total. The van der Waals surface area contributed by atoms with E-state index in [0.29, 0.717) is 11.6 Å². The lowest BCUT2D eigenvalue weighted by atomic mass is 10.3. The Morgan fingerprint density at radius 1 is 1.47 bits per heavy atom. The molecule has 1 aromatic heterocycles. The van der Waals surface area contributed by atoms with Gasteiger partial charge in [-0.05, 0) is 41.6 Å². The number of benzene rings is 1. The molecule has 0 atom stereocenters. The lowest BCUT2D eigenvalue weighted by Crippen LogP contribution is -2.21. The molecule has 0 fully saturated rings. The smallest absolute Gasteiger partial charge is 0.263 e. The number of aromatic nitrogens is 2. The van der Waals surface area contributed by atoms with Gasteiger partial charge in [0, 0.05) is 13.1 Å². The second kappa shape index (κ2) is 6.05. The van der Waals surface area contributed by atoms with Gasteiger partial charge in [-0.25, -0.2) is 0 Å². The van der Waals surface area contributed by atoms with E-state index in [-0.39, 0.29) is 12.5 Å². The molecule has 0 aliphatic heterocycles. The Morgan fingerprint density at radius 3 is 2.84 bits per heavy atom. The Hall–Kier alpha value is -1.57. The van der Waals surface area contributed by atoms with Crippen LogP contribution in [-0.2, 0) is 11.8 Å². The van der Waals surface area contributed by atoms with Crippen LogP contribution in [0.1, 0.15) is 5.69 Å². The van der Waals surface area contributed by atoms with Crippen LogP contribution in [0.5, 0.6) is 5.75 Å². The minimum absolute atomic E-state index is 0.0236. The van der Waals surface area contributed by atoms with Crippen molar-refractivity contribution in [3.8, 4) is 5.75 Å². The summed E-state index contributed by atoms with van der Waals surface area (Å²) >= 11 is 2.17. The summed E-state index contributed by atoms with van der Waals surface area (Å²) in [6, 6.07) is 9.37. The molecular weight excluding hydrogens is 357 g/mol. The number of ether oxygens (including phenoxy) is 1. The first-order valence-corrected chi connectivity index (χ1v) is 6.82. The summed E-state index contributed by atoms with van der Waals surface area (Å²) in [6.07, 6.45) is 0. The summed E-state index contributed by atoms with van der Waals surface area (Å²) in [6.45, 7) is 1.85. The Bertz CT molecular complexity index is 595. The monoisotopic (exact) mass is 371 g/mol. The fourth-order valence-electron chi connectivity index (χ4n) is 1.61. The predicted octanol–water partition coefficient (Wildman–Crippen LogP) is 2.35. The highest BCUT2D eigenvalue weighted by molar-refractivity contribution is 14.1. The highest BCUT2D eigenvalue weighted by atomic mass is 127. The normalized spacial score (nSPS) is 10.3. The molecule has 1 heterocycles. The van der Waals surface area contributed by atoms with Crippen LogP contribution in [0.25, 0.3) is 0 Å². The first kappa shape index (κ1) is 13.9. The van der Waals surface area contributed by atoms with Crippen LogP contribution >= 0.6 is 22.6 Å². The number of halogens is 1. The van der Waals surface area contributed by atoms with Gasteiger partial charge in [-0.3, -0.25) is 9.48 Å². The van der Waals surface area contributed by atoms with Crippen LogP contribution in [0.15, 0.2) is 30.3 Å². The molecule has 0 aliphatic rings. The van der Waals surface area contributed by atoms with Crippen molar-refractivity contribution in [1.29, 1.82) is 0 Å². The number of rotatable bonds is 4. The van der Waals surface area contributed by atoms with E-state index in [0.717, 1.165) is 9.26 Å². The summed E-state index contributed by atoms with van der Waals surface area (Å²) < 4.78 is 8.07. The third-order valence-corrected chi connectivity index (χ3v) is 3.36. The number of amides is 1. The molecule has 0 saturated heterocycles. The maximum absolute atomic E-state index is 11.8. The number of anilines is 1. The van der Waals surface area contributed by atoms with Gasteiger partial charge in [0.2, 0.25) is 0 Å². The summed E-state index contributed by atoms with van der Waals surface area (Å²) in [7, 11) is 1.78. The summed E-state index contributed by atoms with van der Waals surface area (Å²) in [5, 5.41) is 6.91. The standard InChI is InChI=1S/C13H14IN3O2/c1-9-7-12(17(2)16-9)15-13(18)8-19-11-6-4-3-5-10(11)14/h3-7H,8H2,1-2H3,(H,15,18). The fourth-order valence-corrected chi connectivity index (χ4v) is 2.15. The number of aryl methyl sites for hydroxylation is 2. The van der Waals surface area contributed by atoms with E-state index in [1.807, 2.05) is 37.3 Å². The average Bonchev–Trinajstić information content (AvgIpc) is 2.67. The topological polar surface area (TPSA) is 56.1 Å². The van der Waals surface area contributed by atoms with Crippen molar-refractivity contribution in [3.05, 3.63) is 39.6 Å². The van der Waals surface area contributed by atoms with E-state index in [1.165, 1.54) is 0 Å². The van der Waals surface area contributed by atoms with E-state index < -0.39 is 0 Å². The van der Waals surface area contributed by atoms with Gasteiger partial charge in [0.1, 0.15) is 11.6 Å². The Labute approximate surface area is 125 Å². The predicted molar refractivity (Wildman–Crippen MR) is 81.2 cm³/mol. The van der Waals surface area contributed by atoms with E-state index >= 15 is 0 Å². The second-order valence-corrected chi connectivity index (χ2v) is 5.22. The van der Waals surface area contributed by atoms with Gasteiger partial charge in [0.15, 0.2) is 6.61 Å². The SMILES string of the molecule is Cc1cc(NC(=O)COc2ccccc2I)n(C)n1. The minimum atomic E-state index is -0.206. The van der Waals surface area contributed by atoms with Gasteiger partial charge in [-0.2, -0.15) is 5.10 Å². The lowest BCUT2D eigenvalue weighted by molar-refractivity contribution is -0.118. The highest BCUT2D eigenvalue weighted by Gasteiger charge is 2.08. The zero-order valence-electron chi connectivity index (χ0n) is 10.7. The largest absolute Gasteiger partial charge is 0.483 e. The first-order valence-electron chi connectivity index (χ1n) is 5.74. The van der Waals surface area contributed by atoms with Gasteiger partial charge in [0.05, 0.1) is 9.26 Å². The lowest BCUT2D eigenvalue weighted by Gasteiger charge is -2.08. The van der Waals surface area contributed by atoms with Crippen molar-refractivity contribution in [3.63, 3.8) is 0 Å². The van der Waals surface area contributed by atoms with Crippen LogP contribution in [0.3, 0.4) is 0 Å². The van der Waals surface area contributed by atoms with Crippen LogP contribution in [0, 0.1) is 10.5 Å². The maximum Gasteiger partial charge on any atom is 0.263 e. The van der Waals surface area contributed by atoms with E-state index in [1.54, 1.807) is 11.7 Å². The van der Waals surface area contributed by atoms with Crippen molar-refractivity contribution in [2.45, 2.75) is 6.92 Å². The third kappa shape index (κ3) is 3.69. The van der Waals surface area contributed by atoms with Crippen molar-refractivity contribution in [1.82, 2.24) is 9.78 Å². The number of nitrogens with zero attached hydrogens (tertiary/aromatic N) is 2. The molecule has 0 spiro atoms. The Morgan fingerprint density at radius 2 is 2.21 bits per heavy atom. The molecule has 100 valence electrons. The molecule has 6 heteroatoms. The maximum atomic E-state index is 11.8. The molecule has 0 bridgehead atoms. The number of carbonyl (C=O) groups is 1. The Kier molecular flexibility index (Phi) is 4.41. The zero-order chi connectivity index (χ0) is 13.8. The summed E-state index contributed by atoms with van der Waals surface area (Å²) in [5.74, 6) is 1.16. The third-order valence-electron chi connectivity index (χ3n) is 2.46.